The van der Waals surface area contributed by atoms with E-state index in [9.17, 15) is 0 Å². The van der Waals surface area contributed by atoms with Crippen LogP contribution in [0.2, 0.25) is 0 Å². The van der Waals surface area contributed by atoms with Gasteiger partial charge in [0.15, 0.2) is 6.04 Å². The van der Waals surface area contributed by atoms with Crippen molar-refractivity contribution < 1.29 is 29.4 Å². The van der Waals surface area contributed by atoms with Crippen LogP contribution in [0.15, 0.2) is 36.4 Å². The summed E-state index contributed by atoms with van der Waals surface area (Å²) in [4.78, 5) is 12.9. The quantitative estimate of drug-likeness (QED) is 0.314. The summed E-state index contributed by atoms with van der Waals surface area (Å²) in [7, 11) is 0. The Kier molecular flexibility index (Phi) is 13.6. The number of carboxylic acid groups (broad SMARTS) is 1. The molecule has 0 aliphatic carbocycles. The molecule has 2 rings (SSSR count). The normalized spacial score (nSPS) is 12.7. The van der Waals surface area contributed by atoms with Crippen molar-refractivity contribution in [2.75, 3.05) is 0 Å². The molecule has 2 aromatic rings. The zero-order valence-corrected chi connectivity index (χ0v) is 23.5. The first-order valence-corrected chi connectivity index (χ1v) is 10.8. The van der Waals surface area contributed by atoms with Crippen LogP contribution in [-0.4, -0.2) is 29.2 Å². The van der Waals surface area contributed by atoms with Crippen LogP contribution in [0.4, 0.5) is 11.4 Å². The van der Waals surface area contributed by atoms with Crippen molar-refractivity contribution in [1.82, 2.24) is 0 Å². The Labute approximate surface area is 206 Å². The Balaban J connectivity index is 0.00000177. The Morgan fingerprint density at radius 3 is 1.69 bits per heavy atom. The first-order valence-electron chi connectivity index (χ1n) is 10.8. The number of aryl methyl sites for hydroxylation is 4. The molecule has 32 heavy (non-hydrogen) atoms. The van der Waals surface area contributed by atoms with Gasteiger partial charge in [-0.25, -0.2) is 6.57 Å². The Hall–Kier alpha value is -2.38. The van der Waals surface area contributed by atoms with Crippen molar-refractivity contribution in [3.05, 3.63) is 80.7 Å². The van der Waals surface area contributed by atoms with Gasteiger partial charge >= 0.3 is 19.5 Å². The van der Waals surface area contributed by atoms with Crippen molar-refractivity contribution in [3.63, 3.8) is 0 Å². The van der Waals surface area contributed by atoms with Crippen LogP contribution >= 0.6 is 0 Å². The van der Waals surface area contributed by atoms with Crippen LogP contribution in [0, 0.1) is 20.4 Å². The van der Waals surface area contributed by atoms with Gasteiger partial charge in [0.2, 0.25) is 0 Å². The number of carbonyl (C=O) groups is 1. The Morgan fingerprint density at radius 2 is 1.31 bits per heavy atom. The maximum atomic E-state index is 9.00. The zero-order chi connectivity index (χ0) is 23.6. The molecular formula is C26H35N3O2Zn. The van der Waals surface area contributed by atoms with Gasteiger partial charge in [-0.05, 0) is 38.8 Å². The van der Waals surface area contributed by atoms with Crippen molar-refractivity contribution in [3.8, 4) is 0 Å². The van der Waals surface area contributed by atoms with Crippen LogP contribution in [0.3, 0.4) is 0 Å². The number of carboxylic acids is 1. The predicted octanol–water partition coefficient (Wildman–Crippen LogP) is 7.29. The third kappa shape index (κ3) is 8.63. The largest absolute Gasteiger partial charge is 2.00 e. The van der Waals surface area contributed by atoms with E-state index >= 15 is 0 Å². The van der Waals surface area contributed by atoms with Gasteiger partial charge in [0.25, 0.3) is 5.97 Å². The molecule has 0 aliphatic rings. The van der Waals surface area contributed by atoms with Gasteiger partial charge in [0.1, 0.15) is 0 Å². The number of hydrogen-bond donors (Lipinski definition) is 1. The summed E-state index contributed by atoms with van der Waals surface area (Å²) in [6.45, 7) is 21.4. The molecule has 3 atom stereocenters. The van der Waals surface area contributed by atoms with E-state index in [-0.39, 0.29) is 37.6 Å². The average Bonchev–Trinajstić information content (AvgIpc) is 2.71. The number of nitrogens with zero attached hydrogens (tertiary/aromatic N) is 3. The van der Waals surface area contributed by atoms with Crippen LogP contribution in [0.25, 0.3) is 15.5 Å². The molecule has 0 heterocycles. The van der Waals surface area contributed by atoms with Gasteiger partial charge in [-0.2, -0.15) is 0 Å². The average molecular weight is 487 g/mol. The van der Waals surface area contributed by atoms with E-state index in [0.717, 1.165) is 42.3 Å². The van der Waals surface area contributed by atoms with Crippen molar-refractivity contribution in [2.45, 2.75) is 79.4 Å². The SMILES string of the molecule is CC(=O)O.[C-]#[N+]C(C(C)[N-]c1c(C)cccc1C)C(C)[N-]c1c(CC)cccc1CC.[Zn+2]. The van der Waals surface area contributed by atoms with Crippen LogP contribution < -0.4 is 0 Å². The molecule has 0 radical (unpaired) electrons. The molecule has 0 amide bonds. The van der Waals surface area contributed by atoms with E-state index < -0.39 is 5.97 Å². The topological polar surface area (TPSA) is 69.9 Å². The standard InChI is InChI=1S/C24H31N3.C2H4O2.Zn/c1-8-20-14-11-15-21(9-2)24(20)27-19(6)23(25-7)18(5)26-22-16(3)12-10-13-17(22)4;1-2(3)4;/h10-15,18-19,23H,8-9H2,1-6H3;1H3,(H,3,4);/q-2;;+2. The molecular weight excluding hydrogens is 452 g/mol. The van der Waals surface area contributed by atoms with E-state index in [1.165, 1.54) is 11.1 Å². The minimum atomic E-state index is -0.833. The number of aliphatic carboxylic acids is 1. The Bertz CT molecular complexity index is 862. The molecule has 0 bridgehead atoms. The maximum Gasteiger partial charge on any atom is 2.00 e. The fourth-order valence-electron chi connectivity index (χ4n) is 3.57. The van der Waals surface area contributed by atoms with E-state index in [0.29, 0.717) is 0 Å². The molecule has 2 aromatic carbocycles. The second-order valence-corrected chi connectivity index (χ2v) is 7.75. The minimum absolute atomic E-state index is 0. The zero-order valence-electron chi connectivity index (χ0n) is 20.5. The smallest absolute Gasteiger partial charge is 0.675 e. The maximum absolute atomic E-state index is 9.00. The van der Waals surface area contributed by atoms with E-state index in [2.05, 4.69) is 62.9 Å². The first kappa shape index (κ1) is 29.6. The second kappa shape index (κ2) is 14.6. The summed E-state index contributed by atoms with van der Waals surface area (Å²) in [6, 6.07) is 12.1. The fraction of sp³-hybridized carbons (Fsp3) is 0.462. The van der Waals surface area contributed by atoms with Crippen molar-refractivity contribution in [1.29, 1.82) is 0 Å². The minimum Gasteiger partial charge on any atom is -0.675 e. The Morgan fingerprint density at radius 1 is 0.938 bits per heavy atom. The molecule has 6 heteroatoms. The molecule has 5 nitrogen and oxygen atoms in total. The molecule has 0 aliphatic heterocycles. The van der Waals surface area contributed by atoms with Crippen LogP contribution in [0.1, 0.15) is 56.9 Å². The molecule has 3 unspecified atom stereocenters. The summed E-state index contributed by atoms with van der Waals surface area (Å²) in [5.74, 6) is -0.833. The van der Waals surface area contributed by atoms with Gasteiger partial charge < -0.3 is 20.6 Å². The van der Waals surface area contributed by atoms with Gasteiger partial charge in [-0.3, -0.25) is 4.79 Å². The molecule has 0 aromatic heterocycles. The fourth-order valence-corrected chi connectivity index (χ4v) is 3.57. The van der Waals surface area contributed by atoms with Gasteiger partial charge in [-0.15, -0.1) is 11.4 Å². The van der Waals surface area contributed by atoms with Gasteiger partial charge in [0.05, 0.1) is 0 Å². The third-order valence-corrected chi connectivity index (χ3v) is 5.21. The predicted molar refractivity (Wildman–Crippen MR) is 130 cm³/mol. The van der Waals surface area contributed by atoms with Crippen LogP contribution in [0.5, 0.6) is 0 Å². The van der Waals surface area contributed by atoms with Crippen molar-refractivity contribution in [2.24, 2.45) is 0 Å². The summed E-state index contributed by atoms with van der Waals surface area (Å²) >= 11 is 0. The van der Waals surface area contributed by atoms with E-state index in [4.69, 9.17) is 27.1 Å². The van der Waals surface area contributed by atoms with Crippen molar-refractivity contribution >= 4 is 17.3 Å². The van der Waals surface area contributed by atoms with Gasteiger partial charge in [0, 0.05) is 6.92 Å². The monoisotopic (exact) mass is 485 g/mol. The molecule has 1 N–H and O–H groups in total. The molecule has 0 spiro atoms. The number of benzene rings is 2. The van der Waals surface area contributed by atoms with E-state index in [1.807, 2.05) is 19.9 Å². The number of rotatable bonds is 8. The number of para-hydroxylation sites is 2. The summed E-state index contributed by atoms with van der Waals surface area (Å²) in [5, 5.41) is 17.3. The molecule has 0 saturated carbocycles. The second-order valence-electron chi connectivity index (χ2n) is 7.75. The molecule has 168 valence electrons. The van der Waals surface area contributed by atoms with E-state index in [1.54, 1.807) is 0 Å². The molecule has 0 fully saturated rings. The van der Waals surface area contributed by atoms with Gasteiger partial charge in [-0.1, -0.05) is 86.3 Å². The number of hydrogen-bond acceptors (Lipinski definition) is 1. The first-order chi connectivity index (χ1) is 14.7. The van der Waals surface area contributed by atoms with Crippen LogP contribution in [-0.2, 0) is 37.1 Å². The summed E-state index contributed by atoms with van der Waals surface area (Å²) < 4.78 is 0. The molecule has 0 saturated heterocycles. The third-order valence-electron chi connectivity index (χ3n) is 5.21. The summed E-state index contributed by atoms with van der Waals surface area (Å²) in [6.07, 6.45) is 1.90. The summed E-state index contributed by atoms with van der Waals surface area (Å²) in [5.41, 5.74) is 6.89.